The second-order valence-corrected chi connectivity index (χ2v) is 6.28. The van der Waals surface area contributed by atoms with Crippen LogP contribution in [0.3, 0.4) is 0 Å². The van der Waals surface area contributed by atoms with Crippen molar-refractivity contribution in [2.45, 2.75) is 6.54 Å². The molecule has 1 fully saturated rings. The van der Waals surface area contributed by atoms with E-state index in [0.717, 1.165) is 37.6 Å². The molecule has 5 nitrogen and oxygen atoms in total. The van der Waals surface area contributed by atoms with Crippen molar-refractivity contribution in [2.75, 3.05) is 44.7 Å². The van der Waals surface area contributed by atoms with E-state index in [0.29, 0.717) is 12.1 Å². The first-order valence-electron chi connectivity index (χ1n) is 8.46. The number of amides is 1. The molecule has 1 saturated heterocycles. The van der Waals surface area contributed by atoms with Crippen LogP contribution in [0.15, 0.2) is 47.1 Å². The maximum Gasteiger partial charge on any atom is 0.255 e. The molecule has 3 rings (SSSR count). The lowest BCUT2D eigenvalue weighted by atomic mass is 10.1. The molecule has 2 heterocycles. The van der Waals surface area contributed by atoms with Crippen LogP contribution in [0.5, 0.6) is 0 Å². The smallest absolute Gasteiger partial charge is 0.255 e. The highest BCUT2D eigenvalue weighted by molar-refractivity contribution is 5.94. The van der Waals surface area contributed by atoms with Crippen LogP contribution in [0, 0.1) is 12.3 Å². The summed E-state index contributed by atoms with van der Waals surface area (Å²) in [6.45, 7) is 4.74. The summed E-state index contributed by atoms with van der Waals surface area (Å²) in [4.78, 5) is 19.0. The summed E-state index contributed by atoms with van der Waals surface area (Å²) in [5.41, 5.74) is 1.79. The molecule has 1 aliphatic heterocycles. The summed E-state index contributed by atoms with van der Waals surface area (Å²) >= 11 is 0. The molecular weight excluding hydrogens is 314 g/mol. The number of anilines is 1. The van der Waals surface area contributed by atoms with Gasteiger partial charge in [-0.15, -0.1) is 6.42 Å². The maximum absolute atomic E-state index is 12.8. The van der Waals surface area contributed by atoms with Crippen molar-refractivity contribution in [3.63, 3.8) is 0 Å². The highest BCUT2D eigenvalue weighted by atomic mass is 16.3. The molecule has 1 aromatic carbocycles. The van der Waals surface area contributed by atoms with E-state index in [4.69, 9.17) is 10.8 Å². The van der Waals surface area contributed by atoms with Crippen LogP contribution in [-0.4, -0.2) is 55.5 Å². The van der Waals surface area contributed by atoms with Crippen LogP contribution >= 0.6 is 0 Å². The minimum atomic E-state index is -0.0840. The zero-order valence-electron chi connectivity index (χ0n) is 14.5. The average molecular weight is 337 g/mol. The van der Waals surface area contributed by atoms with Crippen LogP contribution in [0.4, 0.5) is 5.69 Å². The molecule has 0 saturated carbocycles. The van der Waals surface area contributed by atoms with Gasteiger partial charge in [-0.3, -0.25) is 4.79 Å². The Balaban J connectivity index is 1.69. The fourth-order valence-corrected chi connectivity index (χ4v) is 2.96. The van der Waals surface area contributed by atoms with Gasteiger partial charge in [0.05, 0.1) is 19.4 Å². The zero-order chi connectivity index (χ0) is 17.6. The van der Waals surface area contributed by atoms with Crippen molar-refractivity contribution in [1.29, 1.82) is 0 Å². The van der Waals surface area contributed by atoms with E-state index in [1.807, 2.05) is 30.3 Å². The lowest BCUT2D eigenvalue weighted by Gasteiger charge is -2.34. The second-order valence-electron chi connectivity index (χ2n) is 6.28. The number of hydrogen-bond donors (Lipinski definition) is 0. The third kappa shape index (κ3) is 4.23. The van der Waals surface area contributed by atoms with Crippen molar-refractivity contribution in [3.8, 4) is 12.3 Å². The molecule has 0 spiro atoms. The van der Waals surface area contributed by atoms with Crippen LogP contribution in [0.25, 0.3) is 0 Å². The first kappa shape index (κ1) is 17.1. The number of nitrogens with zero attached hydrogens (tertiary/aromatic N) is 3. The molecule has 1 amide bonds. The quantitative estimate of drug-likeness (QED) is 0.785. The molecule has 130 valence electrons. The largest absolute Gasteiger partial charge is 0.467 e. The third-order valence-electron chi connectivity index (χ3n) is 4.48. The Morgan fingerprint density at radius 1 is 1.20 bits per heavy atom. The average Bonchev–Trinajstić information content (AvgIpc) is 3.15. The van der Waals surface area contributed by atoms with Crippen LogP contribution in [-0.2, 0) is 6.54 Å². The molecule has 0 bridgehead atoms. The number of rotatable bonds is 5. The van der Waals surface area contributed by atoms with Gasteiger partial charge in [-0.25, -0.2) is 0 Å². The normalized spacial score (nSPS) is 15.0. The van der Waals surface area contributed by atoms with Gasteiger partial charge in [0.15, 0.2) is 0 Å². The number of hydrogen-bond acceptors (Lipinski definition) is 4. The Kier molecular flexibility index (Phi) is 5.42. The number of likely N-dealkylation sites (N-methyl/N-ethyl adjacent to an activating group) is 1. The van der Waals surface area contributed by atoms with E-state index in [9.17, 15) is 4.79 Å². The maximum atomic E-state index is 12.8. The van der Waals surface area contributed by atoms with E-state index >= 15 is 0 Å². The minimum Gasteiger partial charge on any atom is -0.467 e. The number of piperazine rings is 1. The predicted octanol–water partition coefficient (Wildman–Crippen LogP) is 2.31. The van der Waals surface area contributed by atoms with Crippen LogP contribution < -0.4 is 4.90 Å². The van der Waals surface area contributed by atoms with Crippen molar-refractivity contribution in [2.24, 2.45) is 0 Å². The van der Waals surface area contributed by atoms with Crippen molar-refractivity contribution >= 4 is 11.6 Å². The van der Waals surface area contributed by atoms with Gasteiger partial charge in [0.25, 0.3) is 5.91 Å². The summed E-state index contributed by atoms with van der Waals surface area (Å²) in [6.07, 6.45) is 7.02. The molecule has 0 atom stereocenters. The third-order valence-corrected chi connectivity index (χ3v) is 4.48. The molecular formula is C20H23N3O2. The number of carbonyl (C=O) groups excluding carboxylic acids is 1. The Morgan fingerprint density at radius 2 is 1.92 bits per heavy atom. The Morgan fingerprint density at radius 3 is 2.52 bits per heavy atom. The standard InChI is InChI=1S/C20H23N3O2/c1-3-10-23(16-19-5-4-15-25-19)20(24)17-6-8-18(9-7-17)22-13-11-21(2)12-14-22/h1,4-9,15H,10-14,16H2,2H3. The molecule has 0 unspecified atom stereocenters. The van der Waals surface area contributed by atoms with Crippen molar-refractivity contribution in [1.82, 2.24) is 9.80 Å². The Labute approximate surface area is 148 Å². The summed E-state index contributed by atoms with van der Waals surface area (Å²) in [5, 5.41) is 0. The fourth-order valence-electron chi connectivity index (χ4n) is 2.96. The van der Waals surface area contributed by atoms with Crippen LogP contribution in [0.1, 0.15) is 16.1 Å². The van der Waals surface area contributed by atoms with Crippen molar-refractivity contribution < 1.29 is 9.21 Å². The minimum absolute atomic E-state index is 0.0840. The summed E-state index contributed by atoms with van der Waals surface area (Å²) in [7, 11) is 2.14. The number of benzene rings is 1. The van der Waals surface area contributed by atoms with Crippen LogP contribution in [0.2, 0.25) is 0 Å². The van der Waals surface area contributed by atoms with E-state index in [2.05, 4.69) is 22.8 Å². The van der Waals surface area contributed by atoms with Gasteiger partial charge in [-0.2, -0.15) is 0 Å². The number of carbonyl (C=O) groups is 1. The van der Waals surface area contributed by atoms with Gasteiger partial charge in [-0.1, -0.05) is 5.92 Å². The van der Waals surface area contributed by atoms with E-state index in [-0.39, 0.29) is 12.5 Å². The highest BCUT2D eigenvalue weighted by Gasteiger charge is 2.18. The van der Waals surface area contributed by atoms with Gasteiger partial charge in [0, 0.05) is 37.4 Å². The van der Waals surface area contributed by atoms with Gasteiger partial charge in [0.2, 0.25) is 0 Å². The van der Waals surface area contributed by atoms with Gasteiger partial charge >= 0.3 is 0 Å². The topological polar surface area (TPSA) is 39.9 Å². The molecule has 0 N–H and O–H groups in total. The monoisotopic (exact) mass is 337 g/mol. The van der Waals surface area contributed by atoms with Gasteiger partial charge in [0.1, 0.15) is 5.76 Å². The summed E-state index contributed by atoms with van der Waals surface area (Å²) in [6, 6.07) is 11.4. The first-order valence-corrected chi connectivity index (χ1v) is 8.46. The van der Waals surface area contributed by atoms with Gasteiger partial charge < -0.3 is 19.1 Å². The Hall–Kier alpha value is -2.71. The molecule has 1 aliphatic rings. The van der Waals surface area contributed by atoms with E-state index in [1.54, 1.807) is 17.2 Å². The number of terminal acetylenes is 1. The zero-order valence-corrected chi connectivity index (χ0v) is 14.5. The van der Waals surface area contributed by atoms with E-state index < -0.39 is 0 Å². The van der Waals surface area contributed by atoms with Crippen molar-refractivity contribution in [3.05, 3.63) is 54.0 Å². The SMILES string of the molecule is C#CCN(Cc1ccco1)C(=O)c1ccc(N2CCN(C)CC2)cc1. The molecule has 0 aliphatic carbocycles. The highest BCUT2D eigenvalue weighted by Crippen LogP contribution is 2.18. The first-order chi connectivity index (χ1) is 12.2. The second kappa shape index (κ2) is 7.91. The Bertz CT molecular complexity index is 723. The predicted molar refractivity (Wildman–Crippen MR) is 98.4 cm³/mol. The molecule has 0 radical (unpaired) electrons. The fraction of sp³-hybridized carbons (Fsp3) is 0.350. The lowest BCUT2D eigenvalue weighted by Crippen LogP contribution is -2.44. The lowest BCUT2D eigenvalue weighted by molar-refractivity contribution is 0.0755. The summed E-state index contributed by atoms with van der Waals surface area (Å²) < 4.78 is 5.33. The molecule has 2 aromatic rings. The number of furan rings is 1. The molecule has 5 heteroatoms. The van der Waals surface area contributed by atoms with Gasteiger partial charge in [-0.05, 0) is 43.4 Å². The molecule has 1 aromatic heterocycles. The molecule has 25 heavy (non-hydrogen) atoms. The van der Waals surface area contributed by atoms with E-state index in [1.165, 1.54) is 0 Å². The summed E-state index contributed by atoms with van der Waals surface area (Å²) in [5.74, 6) is 3.18.